The van der Waals surface area contributed by atoms with Crippen LogP contribution in [0, 0.1) is 11.8 Å². The van der Waals surface area contributed by atoms with E-state index >= 15 is 0 Å². The molecule has 0 aromatic rings. The van der Waals surface area contributed by atoms with Gasteiger partial charge in [-0.25, -0.2) is 0 Å². The van der Waals surface area contributed by atoms with E-state index in [4.69, 9.17) is 9.84 Å². The number of hydrogen-bond donors (Lipinski definition) is 1. The van der Waals surface area contributed by atoms with Crippen molar-refractivity contribution < 1.29 is 14.6 Å². The Bertz CT molecular complexity index is 212. The Labute approximate surface area is 91.2 Å². The minimum absolute atomic E-state index is 0.117. The Kier molecular flexibility index (Phi) is 4.54. The van der Waals surface area contributed by atoms with Gasteiger partial charge in [-0.05, 0) is 32.9 Å². The van der Waals surface area contributed by atoms with Gasteiger partial charge in [0, 0.05) is 19.3 Å². The topological polar surface area (TPSA) is 49.8 Å². The summed E-state index contributed by atoms with van der Waals surface area (Å²) in [5, 5.41) is 9.07. The summed E-state index contributed by atoms with van der Waals surface area (Å²) in [5.41, 5.74) is 0. The second-order valence-corrected chi connectivity index (χ2v) is 4.53. The summed E-state index contributed by atoms with van der Waals surface area (Å²) in [7, 11) is 3.92. The van der Waals surface area contributed by atoms with Gasteiger partial charge in [-0.2, -0.15) is 0 Å². The quantitative estimate of drug-likeness (QED) is 0.762. The lowest BCUT2D eigenvalue weighted by Crippen LogP contribution is -2.45. The molecule has 4 nitrogen and oxygen atoms in total. The first-order chi connectivity index (χ1) is 7.04. The van der Waals surface area contributed by atoms with Crippen LogP contribution in [-0.2, 0) is 9.53 Å². The summed E-state index contributed by atoms with van der Waals surface area (Å²) in [6.07, 6.45) is 1.95. The van der Waals surface area contributed by atoms with Crippen LogP contribution in [0.5, 0.6) is 0 Å². The minimum Gasteiger partial charge on any atom is -0.481 e. The van der Waals surface area contributed by atoms with E-state index in [1.54, 1.807) is 6.92 Å². The molecule has 1 heterocycles. The van der Waals surface area contributed by atoms with Crippen molar-refractivity contribution in [1.29, 1.82) is 0 Å². The Morgan fingerprint density at radius 2 is 1.93 bits per heavy atom. The van der Waals surface area contributed by atoms with Crippen LogP contribution in [-0.4, -0.2) is 49.3 Å². The molecule has 1 N–H and O–H groups in total. The van der Waals surface area contributed by atoms with Crippen molar-refractivity contribution in [1.82, 2.24) is 4.90 Å². The van der Waals surface area contributed by atoms with E-state index < -0.39 is 5.97 Å². The van der Waals surface area contributed by atoms with Gasteiger partial charge in [0.2, 0.25) is 0 Å². The monoisotopic (exact) mass is 215 g/mol. The number of carbonyl (C=O) groups is 1. The highest BCUT2D eigenvalue weighted by Gasteiger charge is 2.33. The summed E-state index contributed by atoms with van der Waals surface area (Å²) >= 11 is 0. The number of aliphatic carboxylic acids is 1. The third-order valence-electron chi connectivity index (χ3n) is 3.25. The average Bonchev–Trinajstić information content (AvgIpc) is 2.18. The second kappa shape index (κ2) is 5.47. The molecule has 1 fully saturated rings. The second-order valence-electron chi connectivity index (χ2n) is 4.53. The SMILES string of the molecule is CC(C(=O)O)C(C1CCOCC1)N(C)C. The molecule has 4 heteroatoms. The zero-order valence-corrected chi connectivity index (χ0v) is 9.77. The van der Waals surface area contributed by atoms with Crippen molar-refractivity contribution in [2.75, 3.05) is 27.3 Å². The molecule has 2 atom stereocenters. The van der Waals surface area contributed by atoms with Gasteiger partial charge in [0.05, 0.1) is 5.92 Å². The number of hydrogen-bond acceptors (Lipinski definition) is 3. The average molecular weight is 215 g/mol. The van der Waals surface area contributed by atoms with Crippen molar-refractivity contribution in [3.05, 3.63) is 0 Å². The molecule has 0 spiro atoms. The van der Waals surface area contributed by atoms with E-state index in [0.29, 0.717) is 5.92 Å². The molecule has 0 radical (unpaired) electrons. The van der Waals surface area contributed by atoms with Gasteiger partial charge >= 0.3 is 5.97 Å². The molecule has 88 valence electrons. The van der Waals surface area contributed by atoms with Crippen molar-refractivity contribution in [2.45, 2.75) is 25.8 Å². The van der Waals surface area contributed by atoms with Gasteiger partial charge in [-0.15, -0.1) is 0 Å². The standard InChI is InChI=1S/C11H21NO3/c1-8(11(13)14)10(12(2)3)9-4-6-15-7-5-9/h8-10H,4-7H2,1-3H3,(H,13,14). The summed E-state index contributed by atoms with van der Waals surface area (Å²) in [6, 6.07) is 0.117. The lowest BCUT2D eigenvalue weighted by Gasteiger charge is -2.37. The fraction of sp³-hybridized carbons (Fsp3) is 0.909. The van der Waals surface area contributed by atoms with Crippen LogP contribution in [0.15, 0.2) is 0 Å². The van der Waals surface area contributed by atoms with Crippen LogP contribution in [0.2, 0.25) is 0 Å². The Morgan fingerprint density at radius 1 is 1.40 bits per heavy atom. The largest absolute Gasteiger partial charge is 0.481 e. The number of rotatable bonds is 4. The Morgan fingerprint density at radius 3 is 2.33 bits per heavy atom. The van der Waals surface area contributed by atoms with Gasteiger partial charge in [0.25, 0.3) is 0 Å². The van der Waals surface area contributed by atoms with Crippen molar-refractivity contribution in [3.8, 4) is 0 Å². The molecule has 0 aliphatic carbocycles. The maximum Gasteiger partial charge on any atom is 0.307 e. The van der Waals surface area contributed by atoms with Crippen molar-refractivity contribution >= 4 is 5.97 Å². The predicted molar refractivity (Wildman–Crippen MR) is 57.8 cm³/mol. The highest BCUT2D eigenvalue weighted by molar-refractivity contribution is 5.70. The van der Waals surface area contributed by atoms with Gasteiger partial charge in [0.15, 0.2) is 0 Å². The van der Waals surface area contributed by atoms with Crippen molar-refractivity contribution in [3.63, 3.8) is 0 Å². The fourth-order valence-corrected chi connectivity index (χ4v) is 2.48. The zero-order chi connectivity index (χ0) is 11.4. The molecule has 0 aromatic heterocycles. The number of carboxylic acid groups (broad SMARTS) is 1. The zero-order valence-electron chi connectivity index (χ0n) is 9.77. The third-order valence-corrected chi connectivity index (χ3v) is 3.25. The van der Waals surface area contributed by atoms with E-state index in [-0.39, 0.29) is 12.0 Å². The summed E-state index contributed by atoms with van der Waals surface area (Å²) in [6.45, 7) is 3.32. The highest BCUT2D eigenvalue weighted by Crippen LogP contribution is 2.26. The van der Waals surface area contributed by atoms with E-state index in [1.165, 1.54) is 0 Å². The van der Waals surface area contributed by atoms with Gasteiger partial charge in [-0.1, -0.05) is 6.92 Å². The van der Waals surface area contributed by atoms with E-state index in [0.717, 1.165) is 26.1 Å². The number of nitrogens with zero attached hydrogens (tertiary/aromatic N) is 1. The summed E-state index contributed by atoms with van der Waals surface area (Å²) in [5.74, 6) is -0.580. The maximum atomic E-state index is 11.0. The molecule has 1 rings (SSSR count). The lowest BCUT2D eigenvalue weighted by molar-refractivity contribution is -0.144. The smallest absolute Gasteiger partial charge is 0.307 e. The fourth-order valence-electron chi connectivity index (χ4n) is 2.48. The van der Waals surface area contributed by atoms with Crippen LogP contribution in [0.1, 0.15) is 19.8 Å². The van der Waals surface area contributed by atoms with E-state index in [1.807, 2.05) is 19.0 Å². The minimum atomic E-state index is -0.708. The third kappa shape index (κ3) is 3.18. The van der Waals surface area contributed by atoms with Gasteiger partial charge < -0.3 is 14.7 Å². The van der Waals surface area contributed by atoms with Gasteiger partial charge in [0.1, 0.15) is 0 Å². The highest BCUT2D eigenvalue weighted by atomic mass is 16.5. The summed E-state index contributed by atoms with van der Waals surface area (Å²) < 4.78 is 5.30. The predicted octanol–water partition coefficient (Wildman–Crippen LogP) is 1.06. The molecule has 0 saturated carbocycles. The van der Waals surface area contributed by atoms with Crippen molar-refractivity contribution in [2.24, 2.45) is 11.8 Å². The molecule has 1 aliphatic rings. The van der Waals surface area contributed by atoms with Gasteiger partial charge in [-0.3, -0.25) is 4.79 Å². The molecule has 15 heavy (non-hydrogen) atoms. The van der Waals surface area contributed by atoms with Crippen LogP contribution in [0.4, 0.5) is 0 Å². The molecule has 0 amide bonds. The van der Waals surface area contributed by atoms with E-state index in [2.05, 4.69) is 0 Å². The normalized spacial score (nSPS) is 22.7. The Hall–Kier alpha value is -0.610. The molecule has 1 aliphatic heterocycles. The van der Waals surface area contributed by atoms with Crippen LogP contribution >= 0.6 is 0 Å². The lowest BCUT2D eigenvalue weighted by atomic mass is 9.83. The van der Waals surface area contributed by atoms with E-state index in [9.17, 15) is 4.79 Å². The van der Waals surface area contributed by atoms with Crippen LogP contribution in [0.25, 0.3) is 0 Å². The molecular formula is C11H21NO3. The number of carboxylic acids is 1. The molecule has 2 unspecified atom stereocenters. The first-order valence-corrected chi connectivity index (χ1v) is 5.51. The molecule has 0 bridgehead atoms. The molecular weight excluding hydrogens is 194 g/mol. The van der Waals surface area contributed by atoms with Crippen LogP contribution in [0.3, 0.4) is 0 Å². The molecule has 1 saturated heterocycles. The van der Waals surface area contributed by atoms with Crippen LogP contribution < -0.4 is 0 Å². The maximum absolute atomic E-state index is 11.0. The molecule has 0 aromatic carbocycles. The first-order valence-electron chi connectivity index (χ1n) is 5.51. The Balaban J connectivity index is 2.67. The first kappa shape index (κ1) is 12.5. The number of ether oxygens (including phenoxy) is 1. The summed E-state index contributed by atoms with van der Waals surface area (Å²) in [4.78, 5) is 13.1.